The molecule has 1 heterocycles. The molecule has 4 heteroatoms. The van der Waals surface area contributed by atoms with Crippen LogP contribution in [0.5, 0.6) is 0 Å². The highest BCUT2D eigenvalue weighted by Gasteiger charge is 2.20. The molecule has 0 spiro atoms. The fourth-order valence-corrected chi connectivity index (χ4v) is 2.23. The maximum Gasteiger partial charge on any atom is 0.219 e. The van der Waals surface area contributed by atoms with Gasteiger partial charge in [-0.05, 0) is 33.2 Å². The average Bonchev–Trinajstić information content (AvgIpc) is 2.26. The molecule has 1 aliphatic rings. The number of carbonyl (C=O) groups excluding carboxylic acids is 1. The summed E-state index contributed by atoms with van der Waals surface area (Å²) >= 11 is 0. The Morgan fingerprint density at radius 2 is 1.78 bits per heavy atom. The van der Waals surface area contributed by atoms with Gasteiger partial charge >= 0.3 is 0 Å². The third-order valence-electron chi connectivity index (χ3n) is 3.37. The summed E-state index contributed by atoms with van der Waals surface area (Å²) in [5.74, 6) is 0.852. The molecule has 1 atom stereocenters. The lowest BCUT2D eigenvalue weighted by atomic mass is 10.1. The zero-order chi connectivity index (χ0) is 13.8. The minimum absolute atomic E-state index is 0.196. The molecule has 106 valence electrons. The van der Waals surface area contributed by atoms with Crippen molar-refractivity contribution in [2.45, 2.75) is 40.2 Å². The Labute approximate surface area is 112 Å². The van der Waals surface area contributed by atoms with E-state index < -0.39 is 0 Å². The molecule has 0 saturated carbocycles. The van der Waals surface area contributed by atoms with E-state index in [4.69, 9.17) is 0 Å². The third kappa shape index (κ3) is 5.83. The van der Waals surface area contributed by atoms with Crippen molar-refractivity contribution in [3.05, 3.63) is 0 Å². The summed E-state index contributed by atoms with van der Waals surface area (Å²) in [6.07, 6.45) is 0. The Balaban J connectivity index is 2.22. The molecule has 1 unspecified atom stereocenters. The van der Waals surface area contributed by atoms with E-state index in [1.54, 1.807) is 6.92 Å². The number of hydrogen-bond donors (Lipinski definition) is 1. The summed E-state index contributed by atoms with van der Waals surface area (Å²) in [6, 6.07) is 0. The minimum Gasteiger partial charge on any atom is -0.340 e. The van der Waals surface area contributed by atoms with Crippen LogP contribution in [-0.4, -0.2) is 60.5 Å². The van der Waals surface area contributed by atoms with Gasteiger partial charge in [-0.15, -0.1) is 0 Å². The first-order valence-corrected chi connectivity index (χ1v) is 7.01. The van der Waals surface area contributed by atoms with Crippen LogP contribution in [0.3, 0.4) is 0 Å². The Hall–Kier alpha value is -0.610. The van der Waals surface area contributed by atoms with Crippen molar-refractivity contribution in [2.75, 3.05) is 39.3 Å². The Morgan fingerprint density at radius 3 is 2.22 bits per heavy atom. The predicted octanol–water partition coefficient (Wildman–Crippen LogP) is 1.17. The molecule has 1 rings (SSSR count). The van der Waals surface area contributed by atoms with Crippen molar-refractivity contribution >= 4 is 5.91 Å². The van der Waals surface area contributed by atoms with E-state index in [1.165, 1.54) is 0 Å². The Kier molecular flexibility index (Phi) is 5.60. The molecular formula is C14H29N3O. The van der Waals surface area contributed by atoms with Crippen molar-refractivity contribution in [1.82, 2.24) is 15.1 Å². The van der Waals surface area contributed by atoms with Crippen molar-refractivity contribution in [1.29, 1.82) is 0 Å². The number of carbonyl (C=O) groups is 1. The maximum absolute atomic E-state index is 11.2. The Bertz CT molecular complexity index is 265. The summed E-state index contributed by atoms with van der Waals surface area (Å²) < 4.78 is 0. The SMILES string of the molecule is CC(=O)N1CCN(CC(C)CNC(C)(C)C)CC1. The molecule has 1 amide bonds. The molecule has 1 fully saturated rings. The topological polar surface area (TPSA) is 35.6 Å². The van der Waals surface area contributed by atoms with Gasteiger partial charge in [-0.3, -0.25) is 9.69 Å². The second kappa shape index (κ2) is 6.53. The zero-order valence-corrected chi connectivity index (χ0v) is 12.6. The molecule has 0 aromatic rings. The second-order valence-electron chi connectivity index (χ2n) is 6.54. The molecule has 0 aromatic heterocycles. The monoisotopic (exact) mass is 255 g/mol. The van der Waals surface area contributed by atoms with Crippen LogP contribution in [0.2, 0.25) is 0 Å². The highest BCUT2D eigenvalue weighted by Crippen LogP contribution is 2.07. The van der Waals surface area contributed by atoms with Crippen molar-refractivity contribution < 1.29 is 4.79 Å². The number of piperazine rings is 1. The number of rotatable bonds is 4. The lowest BCUT2D eigenvalue weighted by Crippen LogP contribution is -2.50. The smallest absolute Gasteiger partial charge is 0.219 e. The molecule has 1 aliphatic heterocycles. The van der Waals surface area contributed by atoms with E-state index in [2.05, 4.69) is 37.9 Å². The summed E-state index contributed by atoms with van der Waals surface area (Å²) in [5, 5.41) is 3.55. The molecular weight excluding hydrogens is 226 g/mol. The summed E-state index contributed by atoms with van der Waals surface area (Å²) in [4.78, 5) is 15.6. The largest absolute Gasteiger partial charge is 0.340 e. The van der Waals surface area contributed by atoms with Gasteiger partial charge in [-0.1, -0.05) is 6.92 Å². The molecule has 18 heavy (non-hydrogen) atoms. The van der Waals surface area contributed by atoms with Gasteiger partial charge in [0.1, 0.15) is 0 Å². The average molecular weight is 255 g/mol. The molecule has 1 saturated heterocycles. The van der Waals surface area contributed by atoms with Gasteiger partial charge in [0.15, 0.2) is 0 Å². The highest BCUT2D eigenvalue weighted by molar-refractivity contribution is 5.73. The minimum atomic E-state index is 0.196. The van der Waals surface area contributed by atoms with Crippen molar-refractivity contribution in [3.63, 3.8) is 0 Å². The quantitative estimate of drug-likeness (QED) is 0.819. The summed E-state index contributed by atoms with van der Waals surface area (Å²) in [7, 11) is 0. The third-order valence-corrected chi connectivity index (χ3v) is 3.37. The van der Waals surface area contributed by atoms with E-state index in [0.717, 1.165) is 39.3 Å². The number of amides is 1. The standard InChI is InChI=1S/C14H29N3O/c1-12(10-15-14(3,4)5)11-16-6-8-17(9-7-16)13(2)18/h12,15H,6-11H2,1-5H3. The lowest BCUT2D eigenvalue weighted by Gasteiger charge is -2.36. The van der Waals surface area contributed by atoms with Gasteiger partial charge in [-0.2, -0.15) is 0 Å². The van der Waals surface area contributed by atoms with E-state index in [9.17, 15) is 4.79 Å². The van der Waals surface area contributed by atoms with Crippen LogP contribution in [0.4, 0.5) is 0 Å². The van der Waals surface area contributed by atoms with Gasteiger partial charge in [-0.25, -0.2) is 0 Å². The van der Waals surface area contributed by atoms with Gasteiger partial charge in [0, 0.05) is 45.2 Å². The predicted molar refractivity (Wildman–Crippen MR) is 75.6 cm³/mol. The molecule has 4 nitrogen and oxygen atoms in total. The van der Waals surface area contributed by atoms with E-state index in [1.807, 2.05) is 4.90 Å². The lowest BCUT2D eigenvalue weighted by molar-refractivity contribution is -0.130. The molecule has 0 aromatic carbocycles. The van der Waals surface area contributed by atoms with Crippen LogP contribution in [-0.2, 0) is 4.79 Å². The normalized spacial score (nSPS) is 19.9. The van der Waals surface area contributed by atoms with Gasteiger partial charge in [0.2, 0.25) is 5.91 Å². The Morgan fingerprint density at radius 1 is 1.22 bits per heavy atom. The summed E-state index contributed by atoms with van der Waals surface area (Å²) in [6.45, 7) is 16.5. The van der Waals surface area contributed by atoms with Crippen LogP contribution in [0.25, 0.3) is 0 Å². The van der Waals surface area contributed by atoms with Crippen LogP contribution < -0.4 is 5.32 Å². The number of nitrogens with one attached hydrogen (secondary N) is 1. The van der Waals surface area contributed by atoms with Crippen molar-refractivity contribution in [3.8, 4) is 0 Å². The van der Waals surface area contributed by atoms with Gasteiger partial charge in [0.25, 0.3) is 0 Å². The highest BCUT2D eigenvalue weighted by atomic mass is 16.2. The van der Waals surface area contributed by atoms with Gasteiger partial charge in [0.05, 0.1) is 0 Å². The first kappa shape index (κ1) is 15.4. The molecule has 0 bridgehead atoms. The van der Waals surface area contributed by atoms with E-state index in [-0.39, 0.29) is 11.4 Å². The van der Waals surface area contributed by atoms with Crippen LogP contribution in [0.1, 0.15) is 34.6 Å². The fraction of sp³-hybridized carbons (Fsp3) is 0.929. The van der Waals surface area contributed by atoms with Crippen LogP contribution in [0, 0.1) is 5.92 Å². The number of hydrogen-bond acceptors (Lipinski definition) is 3. The maximum atomic E-state index is 11.2. The molecule has 0 radical (unpaired) electrons. The fourth-order valence-electron chi connectivity index (χ4n) is 2.23. The summed E-state index contributed by atoms with van der Waals surface area (Å²) in [5.41, 5.74) is 0.196. The molecule has 1 N–H and O–H groups in total. The first-order valence-electron chi connectivity index (χ1n) is 7.01. The van der Waals surface area contributed by atoms with E-state index in [0.29, 0.717) is 5.92 Å². The van der Waals surface area contributed by atoms with Gasteiger partial charge < -0.3 is 10.2 Å². The second-order valence-corrected chi connectivity index (χ2v) is 6.54. The van der Waals surface area contributed by atoms with Crippen LogP contribution >= 0.6 is 0 Å². The first-order chi connectivity index (χ1) is 8.28. The zero-order valence-electron chi connectivity index (χ0n) is 12.6. The molecule has 0 aliphatic carbocycles. The van der Waals surface area contributed by atoms with Crippen molar-refractivity contribution in [2.24, 2.45) is 5.92 Å². The van der Waals surface area contributed by atoms with E-state index >= 15 is 0 Å². The number of nitrogens with zero attached hydrogens (tertiary/aromatic N) is 2. The van der Waals surface area contributed by atoms with Crippen LogP contribution in [0.15, 0.2) is 0 Å².